The summed E-state index contributed by atoms with van der Waals surface area (Å²) >= 11 is 0. The number of rotatable bonds is 4. The van der Waals surface area contributed by atoms with Crippen LogP contribution < -0.4 is 5.56 Å². The molecular weight excluding hydrogens is 322 g/mol. The molecule has 0 unspecified atom stereocenters. The molecule has 2 aromatic rings. The number of aromatic nitrogens is 2. The number of amides is 1. The van der Waals surface area contributed by atoms with Crippen LogP contribution in [0.2, 0.25) is 0 Å². The van der Waals surface area contributed by atoms with Crippen molar-refractivity contribution in [1.82, 2.24) is 14.5 Å². The van der Waals surface area contributed by atoms with Gasteiger partial charge in [-0.2, -0.15) is 0 Å². The van der Waals surface area contributed by atoms with Gasteiger partial charge in [0.1, 0.15) is 0 Å². The van der Waals surface area contributed by atoms with Crippen LogP contribution in [0.25, 0.3) is 0 Å². The number of carbonyl (C=O) groups excluding carboxylic acids is 1. The summed E-state index contributed by atoms with van der Waals surface area (Å²) in [6.45, 7) is 2.74. The highest BCUT2D eigenvalue weighted by Crippen LogP contribution is 2.32. The van der Waals surface area contributed by atoms with Crippen LogP contribution in [0.1, 0.15) is 28.9 Å². The monoisotopic (exact) mass is 341 g/mol. The van der Waals surface area contributed by atoms with Gasteiger partial charge in [0.15, 0.2) is 0 Å². The fourth-order valence-electron chi connectivity index (χ4n) is 3.20. The Bertz CT molecular complexity index is 847. The van der Waals surface area contributed by atoms with Crippen LogP contribution in [0.3, 0.4) is 0 Å². The van der Waals surface area contributed by atoms with Crippen molar-refractivity contribution in [3.8, 4) is 0 Å². The van der Waals surface area contributed by atoms with Crippen LogP contribution in [-0.4, -0.2) is 44.5 Å². The van der Waals surface area contributed by atoms with Crippen LogP contribution in [0.4, 0.5) is 0 Å². The number of carbonyl (C=O) groups is 2. The molecule has 1 aliphatic rings. The van der Waals surface area contributed by atoms with Crippen molar-refractivity contribution in [2.75, 3.05) is 13.1 Å². The van der Waals surface area contributed by atoms with Gasteiger partial charge < -0.3 is 14.6 Å². The van der Waals surface area contributed by atoms with E-state index in [9.17, 15) is 19.5 Å². The summed E-state index contributed by atoms with van der Waals surface area (Å²) in [5.74, 6) is -2.36. The fourth-order valence-corrected chi connectivity index (χ4v) is 3.20. The number of nitrogens with zero attached hydrogens (tertiary/aromatic N) is 3. The zero-order chi connectivity index (χ0) is 18.0. The molecule has 7 heteroatoms. The summed E-state index contributed by atoms with van der Waals surface area (Å²) in [6.07, 6.45) is 3.19. The minimum absolute atomic E-state index is 0.103. The topological polar surface area (TPSA) is 92.5 Å². The smallest absolute Gasteiger partial charge is 0.309 e. The second-order valence-corrected chi connectivity index (χ2v) is 6.06. The van der Waals surface area contributed by atoms with E-state index in [-0.39, 0.29) is 36.0 Å². The molecule has 7 nitrogen and oxygen atoms in total. The zero-order valence-corrected chi connectivity index (χ0v) is 13.8. The van der Waals surface area contributed by atoms with E-state index in [4.69, 9.17) is 0 Å². The second-order valence-electron chi connectivity index (χ2n) is 6.06. The highest BCUT2D eigenvalue weighted by molar-refractivity contribution is 5.94. The van der Waals surface area contributed by atoms with Gasteiger partial charge in [-0.05, 0) is 25.1 Å². The largest absolute Gasteiger partial charge is 0.481 e. The van der Waals surface area contributed by atoms with Gasteiger partial charge in [-0.25, -0.2) is 0 Å². The molecule has 0 aromatic carbocycles. The van der Waals surface area contributed by atoms with Crippen LogP contribution >= 0.6 is 0 Å². The predicted molar refractivity (Wildman–Crippen MR) is 90.4 cm³/mol. The maximum Gasteiger partial charge on any atom is 0.309 e. The highest BCUT2D eigenvalue weighted by atomic mass is 16.4. The van der Waals surface area contributed by atoms with Gasteiger partial charge in [0.2, 0.25) is 0 Å². The van der Waals surface area contributed by atoms with Gasteiger partial charge >= 0.3 is 5.97 Å². The fraction of sp³-hybridized carbons (Fsp3) is 0.333. The molecule has 0 radical (unpaired) electrons. The van der Waals surface area contributed by atoms with E-state index >= 15 is 0 Å². The third kappa shape index (κ3) is 3.31. The van der Waals surface area contributed by atoms with E-state index in [1.807, 2.05) is 6.92 Å². The summed E-state index contributed by atoms with van der Waals surface area (Å²) in [6, 6.07) is 8.24. The maximum atomic E-state index is 12.7. The predicted octanol–water partition coefficient (Wildman–Crippen LogP) is 1.20. The number of carboxylic acids is 1. The SMILES string of the molecule is CCn1ccc(C(=O)N2C[C@@H](C(=O)O)[C@H](c3ccccn3)C2)cc1=O. The summed E-state index contributed by atoms with van der Waals surface area (Å²) in [7, 11) is 0. The number of aliphatic carboxylic acids is 1. The van der Waals surface area contributed by atoms with Gasteiger partial charge in [0, 0.05) is 55.3 Å². The molecule has 1 aliphatic heterocycles. The minimum atomic E-state index is -0.952. The molecular formula is C18H19N3O4. The van der Waals surface area contributed by atoms with Crippen molar-refractivity contribution < 1.29 is 14.7 Å². The maximum absolute atomic E-state index is 12.7. The number of likely N-dealkylation sites (tertiary alicyclic amines) is 1. The molecule has 2 atom stereocenters. The minimum Gasteiger partial charge on any atom is -0.481 e. The summed E-state index contributed by atoms with van der Waals surface area (Å²) < 4.78 is 1.50. The van der Waals surface area contributed by atoms with E-state index in [2.05, 4.69) is 4.98 Å². The Morgan fingerprint density at radius 3 is 2.68 bits per heavy atom. The lowest BCUT2D eigenvalue weighted by Gasteiger charge is -2.16. The Balaban J connectivity index is 1.86. The van der Waals surface area contributed by atoms with E-state index in [1.54, 1.807) is 36.7 Å². The molecule has 2 aromatic heterocycles. The molecule has 3 heterocycles. The summed E-state index contributed by atoms with van der Waals surface area (Å²) in [5, 5.41) is 9.51. The Morgan fingerprint density at radius 1 is 1.28 bits per heavy atom. The molecule has 0 aliphatic carbocycles. The molecule has 1 amide bonds. The van der Waals surface area contributed by atoms with E-state index < -0.39 is 11.9 Å². The van der Waals surface area contributed by atoms with Gasteiger partial charge in [0.05, 0.1) is 5.92 Å². The molecule has 1 N–H and O–H groups in total. The molecule has 130 valence electrons. The van der Waals surface area contributed by atoms with Crippen LogP contribution in [-0.2, 0) is 11.3 Å². The van der Waals surface area contributed by atoms with E-state index in [0.717, 1.165) is 0 Å². The highest BCUT2D eigenvalue weighted by Gasteiger charge is 2.41. The average Bonchev–Trinajstić information content (AvgIpc) is 3.07. The molecule has 0 bridgehead atoms. The van der Waals surface area contributed by atoms with Gasteiger partial charge in [-0.15, -0.1) is 0 Å². The van der Waals surface area contributed by atoms with E-state index in [0.29, 0.717) is 12.2 Å². The standard InChI is InChI=1S/C18H19N3O4/c1-2-20-8-6-12(9-16(20)22)17(23)21-10-13(14(11-21)18(24)25)15-5-3-4-7-19-15/h3-9,13-14H,2,10-11H2,1H3,(H,24,25)/t13-,14-/m1/s1. The van der Waals surface area contributed by atoms with Crippen molar-refractivity contribution in [1.29, 1.82) is 0 Å². The summed E-state index contributed by atoms with van der Waals surface area (Å²) in [5.41, 5.74) is 0.690. The second kappa shape index (κ2) is 6.88. The van der Waals surface area contributed by atoms with Crippen LogP contribution in [0.15, 0.2) is 47.5 Å². The lowest BCUT2D eigenvalue weighted by molar-refractivity contribution is -0.141. The molecule has 25 heavy (non-hydrogen) atoms. The lowest BCUT2D eigenvalue weighted by atomic mass is 9.93. The van der Waals surface area contributed by atoms with Crippen LogP contribution in [0, 0.1) is 5.92 Å². The van der Waals surface area contributed by atoms with Gasteiger partial charge in [0.25, 0.3) is 11.5 Å². The molecule has 1 saturated heterocycles. The number of hydrogen-bond acceptors (Lipinski definition) is 4. The Hall–Kier alpha value is -2.96. The number of pyridine rings is 2. The first-order valence-electron chi connectivity index (χ1n) is 8.14. The Kier molecular flexibility index (Phi) is 4.65. The third-order valence-corrected chi connectivity index (χ3v) is 4.58. The lowest BCUT2D eigenvalue weighted by Crippen LogP contribution is -2.31. The molecule has 0 spiro atoms. The average molecular weight is 341 g/mol. The van der Waals surface area contributed by atoms with Crippen molar-refractivity contribution >= 4 is 11.9 Å². The third-order valence-electron chi connectivity index (χ3n) is 4.58. The van der Waals surface area contributed by atoms with Crippen LogP contribution in [0.5, 0.6) is 0 Å². The van der Waals surface area contributed by atoms with Crippen molar-refractivity contribution in [2.24, 2.45) is 5.92 Å². The van der Waals surface area contributed by atoms with Gasteiger partial charge in [-0.3, -0.25) is 19.4 Å². The molecule has 1 fully saturated rings. The Labute approximate surface area is 144 Å². The first-order valence-corrected chi connectivity index (χ1v) is 8.14. The quantitative estimate of drug-likeness (QED) is 0.902. The van der Waals surface area contributed by atoms with E-state index in [1.165, 1.54) is 15.5 Å². The van der Waals surface area contributed by atoms with Gasteiger partial charge in [-0.1, -0.05) is 6.07 Å². The summed E-state index contributed by atoms with van der Waals surface area (Å²) in [4.78, 5) is 42.0. The molecule has 3 rings (SSSR count). The number of hydrogen-bond donors (Lipinski definition) is 1. The molecule has 0 saturated carbocycles. The Morgan fingerprint density at radius 2 is 2.08 bits per heavy atom. The number of carboxylic acid groups (broad SMARTS) is 1. The first kappa shape index (κ1) is 16.9. The van der Waals surface area contributed by atoms with Crippen molar-refractivity contribution in [3.63, 3.8) is 0 Å². The normalized spacial score (nSPS) is 19.8. The van der Waals surface area contributed by atoms with Crippen molar-refractivity contribution in [3.05, 3.63) is 64.3 Å². The number of aryl methyl sites for hydroxylation is 1. The first-order chi connectivity index (χ1) is 12.0. The van der Waals surface area contributed by atoms with Crippen molar-refractivity contribution in [2.45, 2.75) is 19.4 Å². The zero-order valence-electron chi connectivity index (χ0n) is 13.8.